The summed E-state index contributed by atoms with van der Waals surface area (Å²) < 4.78 is 9.99. The van der Waals surface area contributed by atoms with Crippen molar-refractivity contribution in [2.75, 3.05) is 13.7 Å². The Hall–Kier alpha value is -3.68. The van der Waals surface area contributed by atoms with Gasteiger partial charge < -0.3 is 14.5 Å². The number of benzene rings is 1. The van der Waals surface area contributed by atoms with Gasteiger partial charge >= 0.3 is 11.9 Å². The van der Waals surface area contributed by atoms with Crippen LogP contribution in [0.3, 0.4) is 0 Å². The number of rotatable bonds is 6. The topological polar surface area (TPSA) is 106 Å². The number of carbonyl (C=O) groups excluding carboxylic acids is 4. The first-order chi connectivity index (χ1) is 14.2. The number of hydrogen-bond donors (Lipinski definition) is 1. The standard InChI is InChI=1S/C22H22N2O6/c1-11-18(22(28)29-5)12(2)23-19(11)20(26)14(4)30-17(25)10-24-13(3)15-8-6-7-9-16(15)21(24)27/h6-9,14,23H,3,10H2,1-2,4-5H3. The number of amides is 1. The number of ketones is 1. The lowest BCUT2D eigenvalue weighted by Gasteiger charge is -2.18. The molecule has 0 saturated carbocycles. The van der Waals surface area contributed by atoms with E-state index in [0.29, 0.717) is 28.1 Å². The van der Waals surface area contributed by atoms with Gasteiger partial charge in [0.15, 0.2) is 6.10 Å². The number of H-pyrrole nitrogens is 1. The Morgan fingerprint density at radius 2 is 1.80 bits per heavy atom. The fourth-order valence-electron chi connectivity index (χ4n) is 3.53. The number of fused-ring (bicyclic) bond motifs is 1. The van der Waals surface area contributed by atoms with Gasteiger partial charge in [0.1, 0.15) is 6.54 Å². The summed E-state index contributed by atoms with van der Waals surface area (Å²) in [6.45, 7) is 8.21. The number of nitrogens with zero attached hydrogens (tertiary/aromatic N) is 1. The van der Waals surface area contributed by atoms with Crippen molar-refractivity contribution in [3.05, 3.63) is 64.5 Å². The molecule has 1 atom stereocenters. The molecule has 0 aliphatic carbocycles. The molecule has 1 unspecified atom stereocenters. The number of aromatic nitrogens is 1. The Kier molecular flexibility index (Phi) is 5.60. The molecular weight excluding hydrogens is 388 g/mol. The average molecular weight is 410 g/mol. The molecule has 8 heteroatoms. The van der Waals surface area contributed by atoms with Crippen LogP contribution >= 0.6 is 0 Å². The predicted molar refractivity (Wildman–Crippen MR) is 108 cm³/mol. The molecule has 1 amide bonds. The third kappa shape index (κ3) is 3.52. The van der Waals surface area contributed by atoms with Crippen LogP contribution in [0, 0.1) is 13.8 Å². The molecule has 8 nitrogen and oxygen atoms in total. The molecule has 2 heterocycles. The van der Waals surface area contributed by atoms with Gasteiger partial charge in [0.2, 0.25) is 5.78 Å². The predicted octanol–water partition coefficient (Wildman–Crippen LogP) is 2.66. The second kappa shape index (κ2) is 7.98. The van der Waals surface area contributed by atoms with Gasteiger partial charge in [0.05, 0.1) is 18.4 Å². The number of hydrogen-bond acceptors (Lipinski definition) is 6. The summed E-state index contributed by atoms with van der Waals surface area (Å²) in [4.78, 5) is 53.7. The van der Waals surface area contributed by atoms with Gasteiger partial charge in [0, 0.05) is 22.5 Å². The summed E-state index contributed by atoms with van der Waals surface area (Å²) >= 11 is 0. The van der Waals surface area contributed by atoms with Crippen molar-refractivity contribution >= 4 is 29.3 Å². The minimum Gasteiger partial charge on any atom is -0.465 e. The summed E-state index contributed by atoms with van der Waals surface area (Å²) in [6.07, 6.45) is -1.12. The Bertz CT molecular complexity index is 1050. The van der Waals surface area contributed by atoms with Crippen molar-refractivity contribution in [3.63, 3.8) is 0 Å². The summed E-state index contributed by atoms with van der Waals surface area (Å²) in [5.74, 6) is -2.14. The molecular formula is C22H22N2O6. The first-order valence-electron chi connectivity index (χ1n) is 9.28. The van der Waals surface area contributed by atoms with Crippen LogP contribution in [0.5, 0.6) is 0 Å². The van der Waals surface area contributed by atoms with Crippen LogP contribution in [0.2, 0.25) is 0 Å². The van der Waals surface area contributed by atoms with Gasteiger partial charge in [-0.3, -0.25) is 19.3 Å². The van der Waals surface area contributed by atoms with E-state index in [0.717, 1.165) is 0 Å². The minimum atomic E-state index is -1.12. The van der Waals surface area contributed by atoms with Crippen molar-refractivity contribution in [1.29, 1.82) is 0 Å². The molecule has 1 aromatic carbocycles. The van der Waals surface area contributed by atoms with E-state index in [1.54, 1.807) is 38.1 Å². The summed E-state index contributed by atoms with van der Waals surface area (Å²) in [5, 5.41) is 0. The zero-order valence-corrected chi connectivity index (χ0v) is 17.2. The van der Waals surface area contributed by atoms with Gasteiger partial charge in [-0.15, -0.1) is 0 Å². The molecule has 30 heavy (non-hydrogen) atoms. The molecule has 1 aromatic heterocycles. The third-order valence-corrected chi connectivity index (χ3v) is 5.08. The molecule has 2 aromatic rings. The second-order valence-corrected chi connectivity index (χ2v) is 7.00. The van der Waals surface area contributed by atoms with Crippen LogP contribution in [0.4, 0.5) is 0 Å². The first kappa shape index (κ1) is 21.0. The third-order valence-electron chi connectivity index (χ3n) is 5.08. The van der Waals surface area contributed by atoms with Crippen LogP contribution in [-0.4, -0.2) is 53.3 Å². The van der Waals surface area contributed by atoms with Gasteiger partial charge in [0.25, 0.3) is 5.91 Å². The monoisotopic (exact) mass is 410 g/mol. The van der Waals surface area contributed by atoms with Crippen LogP contribution in [0.25, 0.3) is 5.70 Å². The highest BCUT2D eigenvalue weighted by molar-refractivity contribution is 6.10. The summed E-state index contributed by atoms with van der Waals surface area (Å²) in [7, 11) is 1.26. The smallest absolute Gasteiger partial charge is 0.339 e. The van der Waals surface area contributed by atoms with Gasteiger partial charge in [-0.05, 0) is 32.4 Å². The highest BCUT2D eigenvalue weighted by Gasteiger charge is 2.33. The van der Waals surface area contributed by atoms with Gasteiger partial charge in [-0.25, -0.2) is 4.79 Å². The van der Waals surface area contributed by atoms with E-state index in [1.165, 1.54) is 18.9 Å². The Balaban J connectivity index is 1.70. The fourth-order valence-corrected chi connectivity index (χ4v) is 3.53. The van der Waals surface area contributed by atoms with Gasteiger partial charge in [-0.1, -0.05) is 24.8 Å². The van der Waals surface area contributed by atoms with Crippen LogP contribution in [-0.2, 0) is 14.3 Å². The molecule has 1 aliphatic heterocycles. The normalized spacial score (nSPS) is 13.8. The average Bonchev–Trinajstić information content (AvgIpc) is 3.15. The Morgan fingerprint density at radius 1 is 1.17 bits per heavy atom. The zero-order valence-electron chi connectivity index (χ0n) is 17.2. The van der Waals surface area contributed by atoms with Gasteiger partial charge in [-0.2, -0.15) is 0 Å². The molecule has 3 rings (SSSR count). The van der Waals surface area contributed by atoms with Crippen molar-refractivity contribution in [1.82, 2.24) is 9.88 Å². The quantitative estimate of drug-likeness (QED) is 0.580. The molecule has 1 aliphatic rings. The molecule has 0 spiro atoms. The summed E-state index contributed by atoms with van der Waals surface area (Å²) in [6, 6.07) is 6.93. The lowest BCUT2D eigenvalue weighted by Crippen LogP contribution is -2.34. The van der Waals surface area contributed by atoms with Crippen LogP contribution < -0.4 is 0 Å². The first-order valence-corrected chi connectivity index (χ1v) is 9.28. The summed E-state index contributed by atoms with van der Waals surface area (Å²) in [5.41, 5.74) is 2.88. The zero-order chi connectivity index (χ0) is 22.2. The van der Waals surface area contributed by atoms with Crippen molar-refractivity contribution in [3.8, 4) is 0 Å². The largest absolute Gasteiger partial charge is 0.465 e. The molecule has 1 N–H and O–H groups in total. The maximum absolute atomic E-state index is 12.8. The minimum absolute atomic E-state index is 0.169. The molecule has 0 fully saturated rings. The number of carbonyl (C=O) groups is 4. The second-order valence-electron chi connectivity index (χ2n) is 7.00. The van der Waals surface area contributed by atoms with Crippen molar-refractivity contribution in [2.24, 2.45) is 0 Å². The molecule has 156 valence electrons. The highest BCUT2D eigenvalue weighted by Crippen LogP contribution is 2.31. The van der Waals surface area contributed by atoms with E-state index in [1.807, 2.05) is 0 Å². The SMILES string of the molecule is C=C1c2ccccc2C(=O)N1CC(=O)OC(C)C(=O)c1[nH]c(C)c(C(=O)OC)c1C. The van der Waals surface area contributed by atoms with Crippen molar-refractivity contribution < 1.29 is 28.7 Å². The van der Waals surface area contributed by atoms with E-state index >= 15 is 0 Å². The maximum Gasteiger partial charge on any atom is 0.339 e. The highest BCUT2D eigenvalue weighted by atomic mass is 16.5. The van der Waals surface area contributed by atoms with E-state index in [9.17, 15) is 19.2 Å². The van der Waals surface area contributed by atoms with E-state index in [2.05, 4.69) is 11.6 Å². The van der Waals surface area contributed by atoms with Crippen LogP contribution in [0.15, 0.2) is 30.8 Å². The Labute approximate surface area is 173 Å². The number of nitrogens with one attached hydrogen (secondary N) is 1. The molecule has 0 radical (unpaired) electrons. The van der Waals surface area contributed by atoms with E-state index in [4.69, 9.17) is 9.47 Å². The van der Waals surface area contributed by atoms with E-state index in [-0.39, 0.29) is 23.7 Å². The van der Waals surface area contributed by atoms with E-state index < -0.39 is 23.8 Å². The van der Waals surface area contributed by atoms with Crippen LogP contribution in [0.1, 0.15) is 54.9 Å². The number of Topliss-reactive ketones (excluding diaryl/α,β-unsaturated/α-hetero) is 1. The lowest BCUT2D eigenvalue weighted by molar-refractivity contribution is -0.146. The number of aryl methyl sites for hydroxylation is 1. The lowest BCUT2D eigenvalue weighted by atomic mass is 10.1. The number of aromatic amines is 1. The van der Waals surface area contributed by atoms with Crippen molar-refractivity contribution in [2.45, 2.75) is 26.9 Å². The fraction of sp³-hybridized carbons (Fsp3) is 0.273. The molecule has 0 saturated heterocycles. The number of methoxy groups -OCH3 is 1. The number of esters is 2. The maximum atomic E-state index is 12.8. The Morgan fingerprint density at radius 3 is 2.40 bits per heavy atom. The molecule has 0 bridgehead atoms. The number of ether oxygens (including phenoxy) is 2.